The van der Waals surface area contributed by atoms with Gasteiger partial charge in [0, 0.05) is 55.8 Å². The molecular weight excluding hydrogens is 660 g/mol. The number of fused-ring (bicyclic) bond motifs is 2. The molecule has 4 fully saturated rings. The van der Waals surface area contributed by atoms with Crippen molar-refractivity contribution in [3.05, 3.63) is 70.7 Å². The summed E-state index contributed by atoms with van der Waals surface area (Å²) in [6.07, 6.45) is 10.2. The Morgan fingerprint density at radius 3 is 2.60 bits per heavy atom. The summed E-state index contributed by atoms with van der Waals surface area (Å²) in [6.45, 7) is 4.99. The largest absolute Gasteiger partial charge is 0.401 e. The van der Waals surface area contributed by atoms with E-state index >= 15 is 0 Å². The van der Waals surface area contributed by atoms with Crippen LogP contribution in [0.1, 0.15) is 83.3 Å². The summed E-state index contributed by atoms with van der Waals surface area (Å²) >= 11 is 0. The maximum Gasteiger partial charge on any atom is 0.262 e. The van der Waals surface area contributed by atoms with Crippen molar-refractivity contribution < 1.29 is 23.9 Å². The molecule has 4 amide bonds. The van der Waals surface area contributed by atoms with Crippen LogP contribution in [0, 0.1) is 11.8 Å². The van der Waals surface area contributed by atoms with E-state index in [0.717, 1.165) is 117 Å². The minimum absolute atomic E-state index is 0.0929. The second-order valence-electron chi connectivity index (χ2n) is 14.7. The van der Waals surface area contributed by atoms with E-state index in [1.165, 1.54) is 5.56 Å². The number of hydrogen-bond donors (Lipinski definition) is 3. The van der Waals surface area contributed by atoms with E-state index in [2.05, 4.69) is 27.7 Å². The third-order valence-corrected chi connectivity index (χ3v) is 10.9. The van der Waals surface area contributed by atoms with Gasteiger partial charge in [-0.15, -0.1) is 0 Å². The number of piperidine rings is 1. The predicted octanol–water partition coefficient (Wildman–Crippen LogP) is 3.68. The van der Waals surface area contributed by atoms with E-state index in [9.17, 15) is 19.2 Å². The highest BCUT2D eigenvalue weighted by atomic mass is 16.5. The summed E-state index contributed by atoms with van der Waals surface area (Å²) in [4.78, 5) is 68.1. The van der Waals surface area contributed by atoms with E-state index in [4.69, 9.17) is 25.4 Å². The van der Waals surface area contributed by atoms with Gasteiger partial charge in [0.1, 0.15) is 6.04 Å². The first-order valence-electron chi connectivity index (χ1n) is 18.5. The summed E-state index contributed by atoms with van der Waals surface area (Å²) in [5.41, 5.74) is 13.4. The van der Waals surface area contributed by atoms with Crippen LogP contribution in [-0.2, 0) is 20.9 Å². The average molecular weight is 705 g/mol. The molecule has 1 aromatic heterocycles. The van der Waals surface area contributed by atoms with Crippen LogP contribution in [0.3, 0.4) is 0 Å². The van der Waals surface area contributed by atoms with Gasteiger partial charge in [-0.2, -0.15) is 0 Å². The number of aliphatic imine (C=N–C) groups is 1. The Morgan fingerprint density at radius 1 is 1.00 bits per heavy atom. The zero-order valence-electron chi connectivity index (χ0n) is 29.2. The standard InChI is InChI=1S/C39H44N8O5/c40-36(25-4-5-25)30(33-21-43-31-8-3-24(18-32(31)44-33)22-46-12-14-52-15-13-46)20-42-27-16-23(17-27)2-1-11-41-26-6-7-28-29(19-26)39(51)47(38(28)50)34-9-10-35(48)45-37(34)49/h3,6-8,18-21,23,25,27,34,41H,1-2,4-5,9-17,22,40H2,(H,45,48,49). The number of nitrogens with zero attached hydrogens (tertiary/aromatic N) is 5. The number of carbonyl (C=O) groups excluding carboxylic acids is 4. The molecule has 5 aliphatic rings. The van der Waals surface area contributed by atoms with Crippen molar-refractivity contribution in [2.45, 2.75) is 70.0 Å². The third-order valence-electron chi connectivity index (χ3n) is 10.9. The van der Waals surface area contributed by atoms with Gasteiger partial charge >= 0.3 is 0 Å². The molecule has 13 heteroatoms. The fraction of sp³-hybridized carbons (Fsp3) is 0.462. The van der Waals surface area contributed by atoms with E-state index in [0.29, 0.717) is 11.8 Å². The van der Waals surface area contributed by atoms with Crippen molar-refractivity contribution in [1.29, 1.82) is 0 Å². The number of morpholine rings is 1. The van der Waals surface area contributed by atoms with E-state index in [1.807, 2.05) is 18.5 Å². The first kappa shape index (κ1) is 34.1. The van der Waals surface area contributed by atoms with Crippen molar-refractivity contribution in [3.63, 3.8) is 0 Å². The zero-order valence-corrected chi connectivity index (χ0v) is 29.2. The first-order valence-corrected chi connectivity index (χ1v) is 18.5. The van der Waals surface area contributed by atoms with Crippen LogP contribution in [0.4, 0.5) is 5.69 Å². The predicted molar refractivity (Wildman–Crippen MR) is 195 cm³/mol. The minimum atomic E-state index is -0.970. The second-order valence-corrected chi connectivity index (χ2v) is 14.7. The van der Waals surface area contributed by atoms with Crippen molar-refractivity contribution in [1.82, 2.24) is 25.1 Å². The zero-order chi connectivity index (χ0) is 35.8. The molecule has 4 heterocycles. The molecule has 2 aromatic carbocycles. The van der Waals surface area contributed by atoms with Crippen LogP contribution >= 0.6 is 0 Å². The normalized spacial score (nSPS) is 24.2. The summed E-state index contributed by atoms with van der Waals surface area (Å²) < 4.78 is 5.50. The Kier molecular flexibility index (Phi) is 9.54. The Hall–Kier alpha value is -5.01. The maximum absolute atomic E-state index is 13.1. The number of ether oxygens (including phenoxy) is 1. The van der Waals surface area contributed by atoms with Crippen LogP contribution in [0.2, 0.25) is 0 Å². The molecule has 2 saturated heterocycles. The molecule has 13 nitrogen and oxygen atoms in total. The quantitative estimate of drug-likeness (QED) is 0.144. The fourth-order valence-electron chi connectivity index (χ4n) is 7.65. The van der Waals surface area contributed by atoms with Crippen molar-refractivity contribution in [3.8, 4) is 0 Å². The molecule has 1 atom stereocenters. The molecule has 2 saturated carbocycles. The monoisotopic (exact) mass is 704 g/mol. The molecule has 0 radical (unpaired) electrons. The highest BCUT2D eigenvalue weighted by Gasteiger charge is 2.44. The van der Waals surface area contributed by atoms with Gasteiger partial charge in [-0.3, -0.25) is 44.3 Å². The number of imide groups is 2. The first-order chi connectivity index (χ1) is 25.3. The summed E-state index contributed by atoms with van der Waals surface area (Å²) in [6, 6.07) is 10.7. The maximum atomic E-state index is 13.1. The van der Waals surface area contributed by atoms with Crippen molar-refractivity contribution in [2.75, 3.05) is 38.2 Å². The van der Waals surface area contributed by atoms with Crippen LogP contribution in [-0.4, -0.2) is 94.5 Å². The Bertz CT molecular complexity index is 1980. The van der Waals surface area contributed by atoms with Crippen LogP contribution in [0.15, 0.2) is 53.3 Å². The average Bonchev–Trinajstić information content (AvgIpc) is 3.95. The lowest BCUT2D eigenvalue weighted by atomic mass is 9.78. The number of allylic oxidation sites excluding steroid dienone is 2. The number of anilines is 1. The summed E-state index contributed by atoms with van der Waals surface area (Å²) in [5, 5.41) is 5.61. The molecule has 52 heavy (non-hydrogen) atoms. The molecular formula is C39H44N8O5. The number of carbonyl (C=O) groups is 4. The van der Waals surface area contributed by atoms with Gasteiger partial charge in [-0.05, 0) is 92.7 Å². The highest BCUT2D eigenvalue weighted by molar-refractivity contribution is 6.23. The summed E-state index contributed by atoms with van der Waals surface area (Å²) in [5.74, 6) is -1.04. The summed E-state index contributed by atoms with van der Waals surface area (Å²) in [7, 11) is 0. The molecule has 0 bridgehead atoms. The van der Waals surface area contributed by atoms with Gasteiger partial charge in [0.15, 0.2) is 0 Å². The van der Waals surface area contributed by atoms with Gasteiger partial charge < -0.3 is 15.8 Å². The fourth-order valence-corrected chi connectivity index (χ4v) is 7.65. The smallest absolute Gasteiger partial charge is 0.262 e. The van der Waals surface area contributed by atoms with Gasteiger partial charge in [0.05, 0.1) is 53.3 Å². The number of nitrogens with two attached hydrogens (primary N) is 1. The number of amides is 4. The number of hydrogen-bond acceptors (Lipinski definition) is 11. The molecule has 3 aromatic rings. The Labute approximate surface area is 302 Å². The van der Waals surface area contributed by atoms with E-state index in [-0.39, 0.29) is 30.0 Å². The Morgan fingerprint density at radius 2 is 1.81 bits per heavy atom. The molecule has 3 aliphatic heterocycles. The highest BCUT2D eigenvalue weighted by Crippen LogP contribution is 2.38. The van der Waals surface area contributed by atoms with E-state index in [1.54, 1.807) is 18.2 Å². The lowest BCUT2D eigenvalue weighted by Crippen LogP contribution is -2.54. The van der Waals surface area contributed by atoms with Crippen LogP contribution in [0.5, 0.6) is 0 Å². The molecule has 4 N–H and O–H groups in total. The second kappa shape index (κ2) is 14.5. The number of aromatic nitrogens is 2. The van der Waals surface area contributed by atoms with Crippen molar-refractivity contribution >= 4 is 52.1 Å². The molecule has 270 valence electrons. The van der Waals surface area contributed by atoms with E-state index < -0.39 is 29.7 Å². The minimum Gasteiger partial charge on any atom is -0.401 e. The van der Waals surface area contributed by atoms with Crippen molar-refractivity contribution in [2.24, 2.45) is 22.6 Å². The third kappa shape index (κ3) is 7.20. The van der Waals surface area contributed by atoms with Crippen LogP contribution in [0.25, 0.3) is 16.6 Å². The molecule has 2 aliphatic carbocycles. The number of benzene rings is 2. The molecule has 8 rings (SSSR count). The molecule has 0 spiro atoms. The van der Waals surface area contributed by atoms with Gasteiger partial charge in [0.25, 0.3) is 11.8 Å². The topological polar surface area (TPSA) is 172 Å². The Balaban J connectivity index is 0.834. The molecule has 1 unspecified atom stereocenters. The van der Waals surface area contributed by atoms with Gasteiger partial charge in [0.2, 0.25) is 11.8 Å². The number of rotatable bonds is 12. The van der Waals surface area contributed by atoms with Gasteiger partial charge in [-0.1, -0.05) is 6.07 Å². The lowest BCUT2D eigenvalue weighted by Gasteiger charge is -2.32. The van der Waals surface area contributed by atoms with Crippen LogP contribution < -0.4 is 16.4 Å². The van der Waals surface area contributed by atoms with Gasteiger partial charge in [-0.25, -0.2) is 4.98 Å². The SMILES string of the molecule is NC(=C(C=NC1CC(CCCNc2ccc3c(c2)C(=O)N(C2CCC(=O)NC2=O)C3=O)C1)c1cnc2ccc(CN3CCOCC3)cc2n1)C1CC1. The number of nitrogens with one attached hydrogen (secondary N) is 2. The lowest BCUT2D eigenvalue weighted by molar-refractivity contribution is -0.136.